The van der Waals surface area contributed by atoms with E-state index in [0.29, 0.717) is 5.57 Å². The fraction of sp³-hybridized carbons (Fsp3) is 0.500. The standard InChI is InChI=1S/C6H11NO3/c1-2-4(3-8)5(7)6(9)10/h2,5,8H,3,7H2,1H3,(H,9,10)/b4-2-. The molecule has 1 atom stereocenters. The van der Waals surface area contributed by atoms with E-state index in [-0.39, 0.29) is 6.61 Å². The molecule has 0 aliphatic heterocycles. The minimum absolute atomic E-state index is 0.302. The molecule has 0 bridgehead atoms. The Balaban J connectivity index is 4.17. The van der Waals surface area contributed by atoms with Crippen molar-refractivity contribution in [1.82, 2.24) is 0 Å². The average Bonchev–Trinajstić information content (AvgIpc) is 1.90. The van der Waals surface area contributed by atoms with Crippen molar-refractivity contribution in [2.24, 2.45) is 5.73 Å². The van der Waals surface area contributed by atoms with E-state index in [0.717, 1.165) is 0 Å². The van der Waals surface area contributed by atoms with Crippen molar-refractivity contribution < 1.29 is 15.0 Å². The third-order valence-corrected chi connectivity index (χ3v) is 1.22. The maximum atomic E-state index is 10.2. The first kappa shape index (κ1) is 9.13. The Labute approximate surface area is 59.0 Å². The van der Waals surface area contributed by atoms with Gasteiger partial charge in [0.05, 0.1) is 6.61 Å². The summed E-state index contributed by atoms with van der Waals surface area (Å²) in [5.41, 5.74) is 5.48. The van der Waals surface area contributed by atoms with Crippen molar-refractivity contribution in [2.75, 3.05) is 6.61 Å². The highest BCUT2D eigenvalue weighted by molar-refractivity contribution is 5.77. The first-order chi connectivity index (χ1) is 4.63. The number of carboxylic acids is 1. The van der Waals surface area contributed by atoms with E-state index in [2.05, 4.69) is 0 Å². The number of nitrogens with two attached hydrogens (primary N) is 1. The lowest BCUT2D eigenvalue weighted by Gasteiger charge is -2.06. The summed E-state index contributed by atoms with van der Waals surface area (Å²) in [5, 5.41) is 16.9. The van der Waals surface area contributed by atoms with Gasteiger partial charge in [-0.2, -0.15) is 0 Å². The molecule has 1 unspecified atom stereocenters. The lowest BCUT2D eigenvalue weighted by molar-refractivity contribution is -0.137. The Hall–Kier alpha value is -0.870. The van der Waals surface area contributed by atoms with Crippen LogP contribution in [-0.2, 0) is 4.79 Å². The first-order valence-electron chi connectivity index (χ1n) is 2.87. The maximum Gasteiger partial charge on any atom is 0.324 e. The lowest BCUT2D eigenvalue weighted by Crippen LogP contribution is -2.33. The largest absolute Gasteiger partial charge is 0.480 e. The zero-order valence-corrected chi connectivity index (χ0v) is 5.74. The SMILES string of the molecule is C/C=C(/CO)C(N)C(=O)O. The molecular formula is C6H11NO3. The molecule has 4 heteroatoms. The number of carbonyl (C=O) groups is 1. The van der Waals surface area contributed by atoms with Crippen LogP contribution in [0.1, 0.15) is 6.92 Å². The molecule has 0 amide bonds. The van der Waals surface area contributed by atoms with Gasteiger partial charge in [-0.05, 0) is 12.5 Å². The number of carboxylic acid groups (broad SMARTS) is 1. The summed E-state index contributed by atoms with van der Waals surface area (Å²) in [6, 6.07) is -1.07. The zero-order valence-electron chi connectivity index (χ0n) is 5.74. The number of hydrogen-bond acceptors (Lipinski definition) is 3. The molecule has 0 aromatic heterocycles. The van der Waals surface area contributed by atoms with Gasteiger partial charge in [0, 0.05) is 0 Å². The summed E-state index contributed by atoms with van der Waals surface area (Å²) in [4.78, 5) is 10.2. The van der Waals surface area contributed by atoms with Crippen molar-refractivity contribution in [3.63, 3.8) is 0 Å². The highest BCUT2D eigenvalue weighted by atomic mass is 16.4. The predicted molar refractivity (Wildman–Crippen MR) is 36.5 cm³/mol. The Morgan fingerprint density at radius 1 is 1.80 bits per heavy atom. The quantitative estimate of drug-likeness (QED) is 0.460. The van der Waals surface area contributed by atoms with Crippen molar-refractivity contribution >= 4 is 5.97 Å². The Morgan fingerprint density at radius 3 is 2.40 bits per heavy atom. The van der Waals surface area contributed by atoms with E-state index in [1.54, 1.807) is 6.92 Å². The van der Waals surface area contributed by atoms with Gasteiger partial charge in [0.2, 0.25) is 0 Å². The number of rotatable bonds is 3. The van der Waals surface area contributed by atoms with Crippen molar-refractivity contribution in [3.8, 4) is 0 Å². The Morgan fingerprint density at radius 2 is 2.30 bits per heavy atom. The molecule has 58 valence electrons. The second-order valence-corrected chi connectivity index (χ2v) is 1.84. The van der Waals surface area contributed by atoms with E-state index in [4.69, 9.17) is 15.9 Å². The molecule has 0 saturated carbocycles. The topological polar surface area (TPSA) is 83.5 Å². The van der Waals surface area contributed by atoms with Crippen molar-refractivity contribution in [1.29, 1.82) is 0 Å². The molecule has 0 aromatic carbocycles. The molecule has 0 rings (SSSR count). The molecule has 0 aliphatic carbocycles. The molecule has 0 aliphatic rings. The third-order valence-electron chi connectivity index (χ3n) is 1.22. The van der Waals surface area contributed by atoms with Gasteiger partial charge in [-0.25, -0.2) is 0 Å². The highest BCUT2D eigenvalue weighted by Gasteiger charge is 2.14. The molecule has 0 spiro atoms. The average molecular weight is 145 g/mol. The van der Waals surface area contributed by atoms with Crippen LogP contribution in [0.2, 0.25) is 0 Å². The van der Waals surface area contributed by atoms with Crippen LogP contribution < -0.4 is 5.73 Å². The van der Waals surface area contributed by atoms with Gasteiger partial charge in [0.15, 0.2) is 0 Å². The lowest BCUT2D eigenvalue weighted by atomic mass is 10.1. The smallest absolute Gasteiger partial charge is 0.324 e. The number of hydrogen-bond donors (Lipinski definition) is 3. The predicted octanol–water partition coefficient (Wildman–Crippen LogP) is -0.663. The van der Waals surface area contributed by atoms with Gasteiger partial charge in [0.1, 0.15) is 6.04 Å². The summed E-state index contributed by atoms with van der Waals surface area (Å²) < 4.78 is 0. The molecular weight excluding hydrogens is 134 g/mol. The molecule has 10 heavy (non-hydrogen) atoms. The van der Waals surface area contributed by atoms with Crippen LogP contribution in [-0.4, -0.2) is 28.8 Å². The monoisotopic (exact) mass is 145 g/mol. The van der Waals surface area contributed by atoms with Crippen molar-refractivity contribution in [2.45, 2.75) is 13.0 Å². The fourth-order valence-electron chi connectivity index (χ4n) is 0.528. The number of aliphatic hydroxyl groups excluding tert-OH is 1. The van der Waals surface area contributed by atoms with E-state index in [9.17, 15) is 4.79 Å². The van der Waals surface area contributed by atoms with Crippen LogP contribution >= 0.6 is 0 Å². The molecule has 0 fully saturated rings. The van der Waals surface area contributed by atoms with Crippen LogP contribution in [0.25, 0.3) is 0 Å². The molecule has 0 heterocycles. The summed E-state index contributed by atoms with van der Waals surface area (Å²) in [7, 11) is 0. The van der Waals surface area contributed by atoms with Crippen LogP contribution in [0, 0.1) is 0 Å². The normalized spacial score (nSPS) is 14.9. The van der Waals surface area contributed by atoms with Crippen LogP contribution in [0.3, 0.4) is 0 Å². The van der Waals surface area contributed by atoms with Crippen LogP contribution in [0.5, 0.6) is 0 Å². The summed E-state index contributed by atoms with van der Waals surface area (Å²) in [5.74, 6) is -1.12. The summed E-state index contributed by atoms with van der Waals surface area (Å²) >= 11 is 0. The minimum atomic E-state index is -1.12. The van der Waals surface area contributed by atoms with E-state index in [1.165, 1.54) is 6.08 Å². The van der Waals surface area contributed by atoms with Crippen LogP contribution in [0.15, 0.2) is 11.6 Å². The highest BCUT2D eigenvalue weighted by Crippen LogP contribution is 1.97. The molecule has 0 radical (unpaired) electrons. The zero-order chi connectivity index (χ0) is 8.15. The number of aliphatic carboxylic acids is 1. The molecule has 4 nitrogen and oxygen atoms in total. The fourth-order valence-corrected chi connectivity index (χ4v) is 0.528. The Bertz CT molecular complexity index is 153. The summed E-state index contributed by atoms with van der Waals surface area (Å²) in [6.07, 6.45) is 1.50. The Kier molecular flexibility index (Phi) is 3.68. The minimum Gasteiger partial charge on any atom is -0.480 e. The molecule has 0 saturated heterocycles. The second kappa shape index (κ2) is 4.03. The number of aliphatic hydroxyl groups is 1. The van der Waals surface area contributed by atoms with Gasteiger partial charge in [-0.3, -0.25) is 4.79 Å². The molecule has 4 N–H and O–H groups in total. The third kappa shape index (κ3) is 2.16. The number of allylic oxidation sites excluding steroid dienone is 1. The van der Waals surface area contributed by atoms with Gasteiger partial charge in [-0.15, -0.1) is 0 Å². The van der Waals surface area contributed by atoms with E-state index in [1.807, 2.05) is 0 Å². The summed E-state index contributed by atoms with van der Waals surface area (Å²) in [6.45, 7) is 1.33. The van der Waals surface area contributed by atoms with Gasteiger partial charge in [-0.1, -0.05) is 6.08 Å². The van der Waals surface area contributed by atoms with Crippen molar-refractivity contribution in [3.05, 3.63) is 11.6 Å². The van der Waals surface area contributed by atoms with Gasteiger partial charge in [0.25, 0.3) is 0 Å². The second-order valence-electron chi connectivity index (χ2n) is 1.84. The van der Waals surface area contributed by atoms with E-state index < -0.39 is 12.0 Å². The van der Waals surface area contributed by atoms with E-state index >= 15 is 0 Å². The van der Waals surface area contributed by atoms with Gasteiger partial charge >= 0.3 is 5.97 Å². The van der Waals surface area contributed by atoms with Crippen LogP contribution in [0.4, 0.5) is 0 Å². The van der Waals surface area contributed by atoms with Gasteiger partial charge < -0.3 is 15.9 Å². The molecule has 0 aromatic rings. The first-order valence-corrected chi connectivity index (χ1v) is 2.87. The maximum absolute atomic E-state index is 10.2.